The molecule has 0 fully saturated rings. The van der Waals surface area contributed by atoms with Gasteiger partial charge in [-0.05, 0) is 81.6 Å². The topological polar surface area (TPSA) is 18.5 Å². The van der Waals surface area contributed by atoms with Crippen molar-refractivity contribution in [2.75, 3.05) is 14.2 Å². The molecule has 4 rings (SSSR count). The van der Waals surface area contributed by atoms with E-state index < -0.39 is 0 Å². The Kier molecular flexibility index (Phi) is 4.50. The van der Waals surface area contributed by atoms with Gasteiger partial charge in [0.25, 0.3) is 0 Å². The number of hydrogen-bond acceptors (Lipinski definition) is 2. The zero-order chi connectivity index (χ0) is 16.7. The maximum absolute atomic E-state index is 5.53. The lowest BCUT2D eigenvalue weighted by atomic mass is 9.86. The van der Waals surface area contributed by atoms with Gasteiger partial charge in [-0.25, -0.2) is 0 Å². The number of hydrogen-bond donors (Lipinski definition) is 0. The van der Waals surface area contributed by atoms with Crippen molar-refractivity contribution >= 4 is 44.1 Å². The first-order valence-corrected chi connectivity index (χ1v) is 9.53. The predicted molar refractivity (Wildman–Crippen MR) is 108 cm³/mol. The van der Waals surface area contributed by atoms with Crippen molar-refractivity contribution < 1.29 is 9.47 Å². The van der Waals surface area contributed by atoms with E-state index in [1.807, 2.05) is 0 Å². The third-order valence-electron chi connectivity index (χ3n) is 5.16. The molecular formula is C21H21IO2. The Hall–Kier alpha value is -1.17. The number of methoxy groups -OCH3 is 2. The summed E-state index contributed by atoms with van der Waals surface area (Å²) >= 11 is 2.46. The highest BCUT2D eigenvalue weighted by Gasteiger charge is 2.19. The Bertz CT molecular complexity index is 913. The molecule has 3 heteroatoms. The van der Waals surface area contributed by atoms with Crippen LogP contribution in [-0.2, 0) is 22.3 Å². The van der Waals surface area contributed by atoms with E-state index in [9.17, 15) is 0 Å². The monoisotopic (exact) mass is 432 g/mol. The molecule has 2 nitrogen and oxygen atoms in total. The van der Waals surface area contributed by atoms with Crippen LogP contribution in [0.3, 0.4) is 0 Å². The van der Waals surface area contributed by atoms with E-state index in [1.54, 1.807) is 19.8 Å². The van der Waals surface area contributed by atoms with Crippen molar-refractivity contribution in [2.45, 2.75) is 32.0 Å². The van der Waals surface area contributed by atoms with Crippen LogP contribution in [0.15, 0.2) is 36.4 Å². The number of benzene rings is 3. The number of aryl methyl sites for hydroxylation is 2. The van der Waals surface area contributed by atoms with Crippen LogP contribution in [0.5, 0.6) is 0 Å². The van der Waals surface area contributed by atoms with Crippen molar-refractivity contribution in [3.8, 4) is 0 Å². The minimum Gasteiger partial charge on any atom is -0.352 e. The van der Waals surface area contributed by atoms with Gasteiger partial charge in [0, 0.05) is 28.7 Å². The fourth-order valence-electron chi connectivity index (χ4n) is 4.06. The van der Waals surface area contributed by atoms with Crippen LogP contribution in [-0.4, -0.2) is 14.2 Å². The summed E-state index contributed by atoms with van der Waals surface area (Å²) in [4.78, 5) is 0. The SMILES string of the molecule is COC(OC)c1cccc2c1c(I)cc1c3c(ccc12)CCCC3. The summed E-state index contributed by atoms with van der Waals surface area (Å²) in [6, 6.07) is 13.4. The molecule has 1 aliphatic carbocycles. The number of fused-ring (bicyclic) bond motifs is 5. The average molecular weight is 432 g/mol. The molecule has 0 N–H and O–H groups in total. The maximum Gasteiger partial charge on any atom is 0.183 e. The van der Waals surface area contributed by atoms with Crippen molar-refractivity contribution in [3.05, 3.63) is 56.7 Å². The molecule has 3 aromatic rings. The molecule has 0 radical (unpaired) electrons. The standard InChI is InChI=1S/C21H21IO2/c1-23-21(24-2)17-9-5-8-16-15-11-10-13-6-3-4-7-14(13)18(15)12-19(22)20(16)17/h5,8-12,21H,3-4,6-7H2,1-2H3. The third kappa shape index (κ3) is 2.54. The molecule has 0 unspecified atom stereocenters. The first-order valence-electron chi connectivity index (χ1n) is 8.45. The molecule has 0 atom stereocenters. The van der Waals surface area contributed by atoms with Gasteiger partial charge in [0.1, 0.15) is 0 Å². The first kappa shape index (κ1) is 16.3. The van der Waals surface area contributed by atoms with Crippen molar-refractivity contribution in [1.29, 1.82) is 0 Å². The third-order valence-corrected chi connectivity index (χ3v) is 6.01. The second-order valence-electron chi connectivity index (χ2n) is 6.44. The molecule has 0 saturated carbocycles. The van der Waals surface area contributed by atoms with Gasteiger partial charge >= 0.3 is 0 Å². The smallest absolute Gasteiger partial charge is 0.183 e. The van der Waals surface area contributed by atoms with Crippen LogP contribution in [0.4, 0.5) is 0 Å². The van der Waals surface area contributed by atoms with Gasteiger partial charge in [-0.1, -0.05) is 30.3 Å². The molecule has 0 saturated heterocycles. The molecule has 124 valence electrons. The Morgan fingerprint density at radius 3 is 2.50 bits per heavy atom. The van der Waals surface area contributed by atoms with Crippen LogP contribution in [0.25, 0.3) is 21.5 Å². The quantitative estimate of drug-likeness (QED) is 0.297. The molecule has 0 spiro atoms. The average Bonchev–Trinajstić information content (AvgIpc) is 2.63. The molecule has 3 aromatic carbocycles. The Balaban J connectivity index is 2.07. The lowest BCUT2D eigenvalue weighted by Crippen LogP contribution is -2.06. The summed E-state index contributed by atoms with van der Waals surface area (Å²) in [6.45, 7) is 0. The van der Waals surface area contributed by atoms with Crippen LogP contribution in [0.2, 0.25) is 0 Å². The van der Waals surface area contributed by atoms with E-state index in [0.29, 0.717) is 0 Å². The summed E-state index contributed by atoms with van der Waals surface area (Å²) in [5.74, 6) is 0. The molecule has 0 aromatic heterocycles. The van der Waals surface area contributed by atoms with Gasteiger partial charge in [0.05, 0.1) is 0 Å². The summed E-state index contributed by atoms with van der Waals surface area (Å²) in [7, 11) is 3.38. The van der Waals surface area contributed by atoms with E-state index in [2.05, 4.69) is 59.0 Å². The van der Waals surface area contributed by atoms with Crippen LogP contribution in [0, 0.1) is 3.57 Å². The highest BCUT2D eigenvalue weighted by Crippen LogP contribution is 2.38. The number of ether oxygens (including phenoxy) is 2. The summed E-state index contributed by atoms with van der Waals surface area (Å²) in [5, 5.41) is 5.31. The van der Waals surface area contributed by atoms with E-state index in [0.717, 1.165) is 5.56 Å². The number of rotatable bonds is 3. The molecule has 0 aliphatic heterocycles. The largest absolute Gasteiger partial charge is 0.352 e. The van der Waals surface area contributed by atoms with Gasteiger partial charge in [0.2, 0.25) is 0 Å². The zero-order valence-corrected chi connectivity index (χ0v) is 16.2. The lowest BCUT2D eigenvalue weighted by Gasteiger charge is -2.21. The van der Waals surface area contributed by atoms with Crippen molar-refractivity contribution in [1.82, 2.24) is 0 Å². The fraction of sp³-hybridized carbons (Fsp3) is 0.333. The maximum atomic E-state index is 5.53. The fourth-order valence-corrected chi connectivity index (χ4v) is 4.98. The molecule has 1 aliphatic rings. The van der Waals surface area contributed by atoms with Gasteiger partial charge in [-0.15, -0.1) is 0 Å². The molecule has 0 heterocycles. The van der Waals surface area contributed by atoms with Crippen LogP contribution < -0.4 is 0 Å². The zero-order valence-electron chi connectivity index (χ0n) is 14.1. The van der Waals surface area contributed by atoms with Crippen molar-refractivity contribution in [3.63, 3.8) is 0 Å². The highest BCUT2D eigenvalue weighted by atomic mass is 127. The summed E-state index contributed by atoms with van der Waals surface area (Å²) in [5.41, 5.74) is 4.19. The van der Waals surface area contributed by atoms with Gasteiger partial charge in [-0.2, -0.15) is 0 Å². The van der Waals surface area contributed by atoms with E-state index >= 15 is 0 Å². The minimum atomic E-state index is -0.336. The molecule has 0 bridgehead atoms. The Labute approximate surface area is 156 Å². The number of halogens is 1. The molecule has 0 amide bonds. The van der Waals surface area contributed by atoms with Crippen molar-refractivity contribution in [2.24, 2.45) is 0 Å². The van der Waals surface area contributed by atoms with Crippen LogP contribution >= 0.6 is 22.6 Å². The first-order chi connectivity index (χ1) is 11.7. The summed E-state index contributed by atoms with van der Waals surface area (Å²) in [6.07, 6.45) is 4.70. The van der Waals surface area contributed by atoms with Gasteiger partial charge in [0.15, 0.2) is 6.29 Å². The van der Waals surface area contributed by atoms with Crippen LogP contribution in [0.1, 0.15) is 35.8 Å². The van der Waals surface area contributed by atoms with E-state index in [4.69, 9.17) is 9.47 Å². The predicted octanol–water partition coefficient (Wildman–Crippen LogP) is 5.77. The second kappa shape index (κ2) is 6.62. The lowest BCUT2D eigenvalue weighted by molar-refractivity contribution is -0.105. The Morgan fingerprint density at radius 1 is 0.917 bits per heavy atom. The second-order valence-corrected chi connectivity index (χ2v) is 7.60. The highest BCUT2D eigenvalue weighted by molar-refractivity contribution is 14.1. The minimum absolute atomic E-state index is 0.336. The summed E-state index contributed by atoms with van der Waals surface area (Å²) < 4.78 is 12.3. The Morgan fingerprint density at radius 2 is 1.71 bits per heavy atom. The normalized spacial score (nSPS) is 14.5. The van der Waals surface area contributed by atoms with E-state index in [-0.39, 0.29) is 6.29 Å². The van der Waals surface area contributed by atoms with Gasteiger partial charge < -0.3 is 9.47 Å². The van der Waals surface area contributed by atoms with Gasteiger partial charge in [-0.3, -0.25) is 0 Å². The molecule has 24 heavy (non-hydrogen) atoms. The molecular weight excluding hydrogens is 411 g/mol. The van der Waals surface area contributed by atoms with E-state index in [1.165, 1.54) is 56.4 Å².